The molecule has 3 heterocycles. The molecule has 148 valence electrons. The maximum Gasteiger partial charge on any atom is 0.150 e. The van der Waals surface area contributed by atoms with E-state index in [1.165, 1.54) is 0 Å². The van der Waals surface area contributed by atoms with Crippen molar-refractivity contribution < 1.29 is 4.74 Å². The van der Waals surface area contributed by atoms with Gasteiger partial charge in [0.1, 0.15) is 22.7 Å². The summed E-state index contributed by atoms with van der Waals surface area (Å²) in [6, 6.07) is 9.76. The number of hydrogen-bond donors (Lipinski definition) is 1. The number of ether oxygens (including phenoxy) is 1. The lowest BCUT2D eigenvalue weighted by atomic mass is 9.86. The fourth-order valence-electron chi connectivity index (χ4n) is 3.23. The highest BCUT2D eigenvalue weighted by atomic mass is 32.1. The first kappa shape index (κ1) is 19.3. The van der Waals surface area contributed by atoms with Crippen molar-refractivity contribution >= 4 is 27.4 Å². The van der Waals surface area contributed by atoms with Gasteiger partial charge >= 0.3 is 0 Å². The molecule has 0 aliphatic carbocycles. The number of nitrogens with zero attached hydrogens (tertiary/aromatic N) is 4. The van der Waals surface area contributed by atoms with Crippen LogP contribution in [0.1, 0.15) is 32.6 Å². The lowest BCUT2D eigenvalue weighted by Crippen LogP contribution is -2.28. The Labute approximate surface area is 174 Å². The number of hydrogen-bond acceptors (Lipinski definition) is 7. The van der Waals surface area contributed by atoms with Crippen LogP contribution >= 0.6 is 11.3 Å². The first-order valence-electron chi connectivity index (χ1n) is 9.37. The molecule has 7 heteroatoms. The summed E-state index contributed by atoms with van der Waals surface area (Å²) in [5.41, 5.74) is 2.07. The molecule has 0 spiro atoms. The molecule has 1 N–H and O–H groups in total. The molecule has 4 rings (SSSR count). The lowest BCUT2D eigenvalue weighted by molar-refractivity contribution is 0.335. The number of methoxy groups -OCH3 is 1. The standard InChI is InChI=1S/C22H23N5OS/c1-22(2,3)18(20-23-10-5-11-24-20)27-19-17-16(12-29-21(17)26-13-25-19)14-6-8-15(28-4)9-7-14/h5-13,18H,1-4H3,(H,25,26,27). The maximum atomic E-state index is 5.29. The van der Waals surface area contributed by atoms with Crippen molar-refractivity contribution in [3.8, 4) is 16.9 Å². The van der Waals surface area contributed by atoms with Gasteiger partial charge < -0.3 is 10.1 Å². The van der Waals surface area contributed by atoms with E-state index in [1.807, 2.05) is 18.2 Å². The van der Waals surface area contributed by atoms with Crippen LogP contribution in [0, 0.1) is 5.41 Å². The van der Waals surface area contributed by atoms with Crippen LogP contribution in [-0.2, 0) is 0 Å². The summed E-state index contributed by atoms with van der Waals surface area (Å²) in [5.74, 6) is 2.36. The van der Waals surface area contributed by atoms with Crippen LogP contribution in [0.4, 0.5) is 5.82 Å². The normalized spacial score (nSPS) is 12.7. The summed E-state index contributed by atoms with van der Waals surface area (Å²) < 4.78 is 5.29. The Hall–Kier alpha value is -3.06. The first-order valence-corrected chi connectivity index (χ1v) is 10.3. The first-order chi connectivity index (χ1) is 14.0. The van der Waals surface area contributed by atoms with Crippen LogP contribution in [0.2, 0.25) is 0 Å². The Morgan fingerprint density at radius 1 is 1.00 bits per heavy atom. The highest BCUT2D eigenvalue weighted by molar-refractivity contribution is 7.17. The van der Waals surface area contributed by atoms with Gasteiger partial charge in [-0.2, -0.15) is 0 Å². The predicted molar refractivity (Wildman–Crippen MR) is 117 cm³/mol. The molecule has 3 aromatic heterocycles. The van der Waals surface area contributed by atoms with Crippen LogP contribution in [0.25, 0.3) is 21.3 Å². The minimum atomic E-state index is -0.116. The van der Waals surface area contributed by atoms with Crippen molar-refractivity contribution in [3.05, 3.63) is 60.3 Å². The van der Waals surface area contributed by atoms with Crippen LogP contribution in [0.3, 0.4) is 0 Å². The molecule has 4 aromatic rings. The molecule has 0 bridgehead atoms. The zero-order valence-electron chi connectivity index (χ0n) is 16.9. The average molecular weight is 406 g/mol. The van der Waals surface area contributed by atoms with E-state index in [4.69, 9.17) is 4.74 Å². The van der Waals surface area contributed by atoms with Crippen molar-refractivity contribution in [1.29, 1.82) is 0 Å². The molecular weight excluding hydrogens is 382 g/mol. The van der Waals surface area contributed by atoms with Gasteiger partial charge in [-0.05, 0) is 29.2 Å². The largest absolute Gasteiger partial charge is 0.497 e. The second-order valence-electron chi connectivity index (χ2n) is 7.83. The Morgan fingerprint density at radius 2 is 1.72 bits per heavy atom. The van der Waals surface area contributed by atoms with Gasteiger partial charge in [0, 0.05) is 23.3 Å². The van der Waals surface area contributed by atoms with Gasteiger partial charge in [-0.1, -0.05) is 32.9 Å². The Kier molecular flexibility index (Phi) is 5.15. The fraction of sp³-hybridized carbons (Fsp3) is 0.273. The SMILES string of the molecule is COc1ccc(-c2csc3ncnc(NC(c4ncccn4)C(C)(C)C)c23)cc1. The molecule has 1 aromatic carbocycles. The fourth-order valence-corrected chi connectivity index (χ4v) is 4.15. The zero-order chi connectivity index (χ0) is 20.4. The molecule has 29 heavy (non-hydrogen) atoms. The Morgan fingerprint density at radius 3 is 2.38 bits per heavy atom. The second-order valence-corrected chi connectivity index (χ2v) is 8.69. The number of thiophene rings is 1. The van der Waals surface area contributed by atoms with Crippen molar-refractivity contribution in [3.63, 3.8) is 0 Å². The summed E-state index contributed by atoms with van der Waals surface area (Å²) in [5, 5.41) is 6.73. The van der Waals surface area contributed by atoms with E-state index >= 15 is 0 Å². The van der Waals surface area contributed by atoms with E-state index in [1.54, 1.807) is 37.2 Å². The van der Waals surface area contributed by atoms with Crippen LogP contribution in [0.15, 0.2) is 54.4 Å². The monoisotopic (exact) mass is 405 g/mol. The minimum Gasteiger partial charge on any atom is -0.497 e. The van der Waals surface area contributed by atoms with Crippen molar-refractivity contribution in [1.82, 2.24) is 19.9 Å². The lowest BCUT2D eigenvalue weighted by Gasteiger charge is -2.30. The van der Waals surface area contributed by atoms with Crippen LogP contribution in [0.5, 0.6) is 5.75 Å². The molecule has 0 saturated heterocycles. The molecule has 1 unspecified atom stereocenters. The van der Waals surface area contributed by atoms with E-state index in [2.05, 4.69) is 63.5 Å². The molecule has 6 nitrogen and oxygen atoms in total. The number of anilines is 1. The van der Waals surface area contributed by atoms with Gasteiger partial charge in [-0.15, -0.1) is 11.3 Å². The molecule has 0 aliphatic rings. The summed E-state index contributed by atoms with van der Waals surface area (Å²) in [6.07, 6.45) is 5.14. The quantitative estimate of drug-likeness (QED) is 0.482. The van der Waals surface area contributed by atoms with Crippen LogP contribution in [-0.4, -0.2) is 27.0 Å². The van der Waals surface area contributed by atoms with E-state index in [0.29, 0.717) is 0 Å². The Bertz CT molecular complexity index is 1100. The van der Waals surface area contributed by atoms with E-state index in [0.717, 1.165) is 38.7 Å². The zero-order valence-corrected chi connectivity index (χ0v) is 17.7. The van der Waals surface area contributed by atoms with E-state index in [-0.39, 0.29) is 11.5 Å². The van der Waals surface area contributed by atoms with Gasteiger partial charge in [0.25, 0.3) is 0 Å². The molecule has 0 aliphatic heterocycles. The molecular formula is C22H23N5OS. The third kappa shape index (κ3) is 3.91. The molecule has 0 amide bonds. The van der Waals surface area contributed by atoms with Gasteiger partial charge in [-0.3, -0.25) is 0 Å². The van der Waals surface area contributed by atoms with Gasteiger partial charge in [-0.25, -0.2) is 19.9 Å². The molecule has 0 radical (unpaired) electrons. The summed E-state index contributed by atoms with van der Waals surface area (Å²) in [4.78, 5) is 19.0. The summed E-state index contributed by atoms with van der Waals surface area (Å²) >= 11 is 1.61. The number of nitrogens with one attached hydrogen (secondary N) is 1. The number of benzene rings is 1. The summed E-state index contributed by atoms with van der Waals surface area (Å²) in [7, 11) is 1.67. The predicted octanol–water partition coefficient (Wildman–Crippen LogP) is 5.36. The second kappa shape index (κ2) is 7.75. The number of rotatable bonds is 5. The third-order valence-electron chi connectivity index (χ3n) is 4.76. The van der Waals surface area contributed by atoms with E-state index in [9.17, 15) is 0 Å². The Balaban J connectivity index is 1.80. The van der Waals surface area contributed by atoms with Gasteiger partial charge in [0.15, 0.2) is 5.82 Å². The van der Waals surface area contributed by atoms with Gasteiger partial charge in [0.05, 0.1) is 18.5 Å². The van der Waals surface area contributed by atoms with Crippen molar-refractivity contribution in [2.75, 3.05) is 12.4 Å². The highest BCUT2D eigenvalue weighted by Crippen LogP contribution is 2.40. The third-order valence-corrected chi connectivity index (χ3v) is 5.65. The summed E-state index contributed by atoms with van der Waals surface area (Å²) in [6.45, 7) is 6.49. The molecule has 0 saturated carbocycles. The van der Waals surface area contributed by atoms with Crippen LogP contribution < -0.4 is 10.1 Å². The van der Waals surface area contributed by atoms with Gasteiger partial charge in [0.2, 0.25) is 0 Å². The maximum absolute atomic E-state index is 5.29. The average Bonchev–Trinajstić information content (AvgIpc) is 3.17. The molecule has 0 fully saturated rings. The highest BCUT2D eigenvalue weighted by Gasteiger charge is 2.30. The van der Waals surface area contributed by atoms with E-state index < -0.39 is 0 Å². The number of fused-ring (bicyclic) bond motifs is 1. The smallest absolute Gasteiger partial charge is 0.150 e. The van der Waals surface area contributed by atoms with Crippen molar-refractivity contribution in [2.45, 2.75) is 26.8 Å². The molecule has 1 atom stereocenters. The number of aromatic nitrogens is 4. The van der Waals surface area contributed by atoms with Crippen molar-refractivity contribution in [2.24, 2.45) is 5.41 Å². The minimum absolute atomic E-state index is 0.106. The topological polar surface area (TPSA) is 72.8 Å².